The number of nitrogens with zero attached hydrogens (tertiary/aromatic N) is 1. The van der Waals surface area contributed by atoms with Crippen LogP contribution in [0.15, 0.2) is 28.8 Å². The summed E-state index contributed by atoms with van der Waals surface area (Å²) in [6.45, 7) is 0. The maximum Gasteiger partial charge on any atom is 0.292 e. The summed E-state index contributed by atoms with van der Waals surface area (Å²) in [5, 5.41) is 0.518. The molecule has 1 aromatic carbocycles. The molecule has 15 heavy (non-hydrogen) atoms. The number of nitrogen functional groups attached to an aromatic ring is 1. The highest BCUT2D eigenvalue weighted by atomic mass is 35.5. The van der Waals surface area contributed by atoms with E-state index in [1.54, 1.807) is 25.4 Å². The molecule has 0 saturated carbocycles. The molecule has 0 aliphatic rings. The number of hydrogen-bond donors (Lipinski definition) is 1. The van der Waals surface area contributed by atoms with E-state index in [-0.39, 0.29) is 6.01 Å². The van der Waals surface area contributed by atoms with Crippen molar-refractivity contribution in [2.75, 3.05) is 12.8 Å². The van der Waals surface area contributed by atoms with Crippen molar-refractivity contribution in [3.05, 3.63) is 29.4 Å². The van der Waals surface area contributed by atoms with Crippen LogP contribution in [0.3, 0.4) is 0 Å². The third-order valence-electron chi connectivity index (χ3n) is 1.96. The van der Waals surface area contributed by atoms with E-state index in [0.29, 0.717) is 16.5 Å². The van der Waals surface area contributed by atoms with Crippen LogP contribution in [-0.2, 0) is 0 Å². The van der Waals surface area contributed by atoms with E-state index < -0.39 is 0 Å². The third kappa shape index (κ3) is 1.89. The quantitative estimate of drug-likeness (QED) is 0.852. The van der Waals surface area contributed by atoms with Gasteiger partial charge in [0.15, 0.2) is 5.76 Å². The standard InChI is InChI=1S/C10H9ClN2O2/c1-14-8-3-2-6(4-7(8)11)9-5-13-10(12)15-9/h2-5H,1H3,(H2,12,13). The highest BCUT2D eigenvalue weighted by Gasteiger charge is 2.07. The monoisotopic (exact) mass is 224 g/mol. The van der Waals surface area contributed by atoms with Gasteiger partial charge in [-0.05, 0) is 18.2 Å². The third-order valence-corrected chi connectivity index (χ3v) is 2.26. The first kappa shape index (κ1) is 9.86. The lowest BCUT2D eigenvalue weighted by atomic mass is 10.2. The number of benzene rings is 1. The van der Waals surface area contributed by atoms with Crippen molar-refractivity contribution in [1.82, 2.24) is 4.98 Å². The Bertz CT molecular complexity index is 482. The predicted molar refractivity (Wildman–Crippen MR) is 57.9 cm³/mol. The molecule has 0 spiro atoms. The molecule has 0 radical (unpaired) electrons. The first-order valence-electron chi connectivity index (χ1n) is 4.26. The SMILES string of the molecule is COc1ccc(-c2cnc(N)o2)cc1Cl. The van der Waals surface area contributed by atoms with Crippen LogP contribution in [0.25, 0.3) is 11.3 Å². The van der Waals surface area contributed by atoms with E-state index in [1.807, 2.05) is 6.07 Å². The van der Waals surface area contributed by atoms with E-state index in [9.17, 15) is 0 Å². The summed E-state index contributed by atoms with van der Waals surface area (Å²) in [4.78, 5) is 3.80. The molecule has 2 aromatic rings. The smallest absolute Gasteiger partial charge is 0.292 e. The van der Waals surface area contributed by atoms with Gasteiger partial charge in [0.05, 0.1) is 18.3 Å². The minimum absolute atomic E-state index is 0.136. The Hall–Kier alpha value is -1.68. The van der Waals surface area contributed by atoms with Gasteiger partial charge in [-0.15, -0.1) is 0 Å². The number of hydrogen-bond acceptors (Lipinski definition) is 4. The van der Waals surface area contributed by atoms with Gasteiger partial charge in [-0.1, -0.05) is 11.6 Å². The molecule has 4 nitrogen and oxygen atoms in total. The number of ether oxygens (including phenoxy) is 1. The molecule has 2 N–H and O–H groups in total. The maximum atomic E-state index is 5.97. The lowest BCUT2D eigenvalue weighted by Crippen LogP contribution is -1.84. The molecule has 0 fully saturated rings. The Labute approximate surface area is 91.6 Å². The minimum atomic E-state index is 0.136. The molecular weight excluding hydrogens is 216 g/mol. The second kappa shape index (κ2) is 3.82. The lowest BCUT2D eigenvalue weighted by Gasteiger charge is -2.03. The lowest BCUT2D eigenvalue weighted by molar-refractivity contribution is 0.415. The first-order chi connectivity index (χ1) is 7.20. The van der Waals surface area contributed by atoms with Gasteiger partial charge in [-0.3, -0.25) is 0 Å². The molecule has 1 heterocycles. The second-order valence-corrected chi connectivity index (χ2v) is 3.32. The zero-order valence-electron chi connectivity index (χ0n) is 8.03. The molecule has 2 rings (SSSR count). The van der Waals surface area contributed by atoms with Gasteiger partial charge in [0.25, 0.3) is 6.01 Å². The molecule has 78 valence electrons. The van der Waals surface area contributed by atoms with Crippen LogP contribution in [0.5, 0.6) is 5.75 Å². The Kier molecular flexibility index (Phi) is 2.51. The molecule has 0 bridgehead atoms. The number of oxazole rings is 1. The fraction of sp³-hybridized carbons (Fsp3) is 0.100. The fourth-order valence-electron chi connectivity index (χ4n) is 1.24. The Morgan fingerprint density at radius 3 is 2.80 bits per heavy atom. The number of halogens is 1. The topological polar surface area (TPSA) is 61.3 Å². The molecule has 0 aliphatic heterocycles. The Morgan fingerprint density at radius 1 is 1.47 bits per heavy atom. The van der Waals surface area contributed by atoms with Gasteiger partial charge in [0.1, 0.15) is 5.75 Å². The molecule has 0 unspecified atom stereocenters. The number of nitrogens with two attached hydrogens (primary N) is 1. The zero-order chi connectivity index (χ0) is 10.8. The van der Waals surface area contributed by atoms with Gasteiger partial charge in [-0.25, -0.2) is 4.98 Å². The maximum absolute atomic E-state index is 5.97. The molecule has 0 aliphatic carbocycles. The van der Waals surface area contributed by atoms with E-state index in [2.05, 4.69) is 4.98 Å². The fourth-order valence-corrected chi connectivity index (χ4v) is 1.50. The molecule has 0 amide bonds. The molecule has 0 saturated heterocycles. The van der Waals surface area contributed by atoms with E-state index in [0.717, 1.165) is 5.56 Å². The predicted octanol–water partition coefficient (Wildman–Crippen LogP) is 2.59. The Balaban J connectivity index is 2.42. The van der Waals surface area contributed by atoms with Crippen LogP contribution in [0.1, 0.15) is 0 Å². The summed E-state index contributed by atoms with van der Waals surface area (Å²) in [5.74, 6) is 1.20. The van der Waals surface area contributed by atoms with Crippen LogP contribution in [0.4, 0.5) is 6.01 Å². The van der Waals surface area contributed by atoms with Gasteiger partial charge in [0, 0.05) is 5.56 Å². The van der Waals surface area contributed by atoms with Crippen molar-refractivity contribution < 1.29 is 9.15 Å². The summed E-state index contributed by atoms with van der Waals surface area (Å²) in [5.41, 5.74) is 6.18. The number of methoxy groups -OCH3 is 1. The van der Waals surface area contributed by atoms with Crippen molar-refractivity contribution in [2.45, 2.75) is 0 Å². The molecule has 0 atom stereocenters. The van der Waals surface area contributed by atoms with Gasteiger partial charge in [-0.2, -0.15) is 0 Å². The van der Waals surface area contributed by atoms with Crippen molar-refractivity contribution in [2.24, 2.45) is 0 Å². The van der Waals surface area contributed by atoms with Gasteiger partial charge >= 0.3 is 0 Å². The average molecular weight is 225 g/mol. The normalized spacial score (nSPS) is 10.3. The van der Waals surface area contributed by atoms with Crippen LogP contribution >= 0.6 is 11.6 Å². The molecule has 1 aromatic heterocycles. The van der Waals surface area contributed by atoms with E-state index >= 15 is 0 Å². The summed E-state index contributed by atoms with van der Waals surface area (Å²) >= 11 is 5.97. The number of anilines is 1. The highest BCUT2D eigenvalue weighted by Crippen LogP contribution is 2.30. The summed E-state index contributed by atoms with van der Waals surface area (Å²) in [6, 6.07) is 5.46. The van der Waals surface area contributed by atoms with E-state index in [4.69, 9.17) is 26.5 Å². The van der Waals surface area contributed by atoms with Crippen LogP contribution in [-0.4, -0.2) is 12.1 Å². The van der Waals surface area contributed by atoms with Crippen molar-refractivity contribution >= 4 is 17.6 Å². The Morgan fingerprint density at radius 2 is 2.27 bits per heavy atom. The van der Waals surface area contributed by atoms with Crippen LogP contribution < -0.4 is 10.5 Å². The highest BCUT2D eigenvalue weighted by molar-refractivity contribution is 6.32. The average Bonchev–Trinajstić information content (AvgIpc) is 2.65. The largest absolute Gasteiger partial charge is 0.495 e. The van der Waals surface area contributed by atoms with Crippen LogP contribution in [0, 0.1) is 0 Å². The summed E-state index contributed by atoms with van der Waals surface area (Å²) < 4.78 is 10.2. The molecule has 5 heteroatoms. The van der Waals surface area contributed by atoms with Crippen molar-refractivity contribution in [1.29, 1.82) is 0 Å². The first-order valence-corrected chi connectivity index (χ1v) is 4.63. The zero-order valence-corrected chi connectivity index (χ0v) is 8.78. The van der Waals surface area contributed by atoms with Gasteiger partial charge < -0.3 is 14.9 Å². The number of aromatic nitrogens is 1. The van der Waals surface area contributed by atoms with Gasteiger partial charge in [0.2, 0.25) is 0 Å². The molecular formula is C10H9ClN2O2. The van der Waals surface area contributed by atoms with Crippen LogP contribution in [0.2, 0.25) is 5.02 Å². The summed E-state index contributed by atoms with van der Waals surface area (Å²) in [6.07, 6.45) is 1.55. The van der Waals surface area contributed by atoms with Crippen molar-refractivity contribution in [3.8, 4) is 17.1 Å². The van der Waals surface area contributed by atoms with Crippen molar-refractivity contribution in [3.63, 3.8) is 0 Å². The minimum Gasteiger partial charge on any atom is -0.495 e. The second-order valence-electron chi connectivity index (χ2n) is 2.91. The van der Waals surface area contributed by atoms with E-state index in [1.165, 1.54) is 0 Å². The number of rotatable bonds is 2. The summed E-state index contributed by atoms with van der Waals surface area (Å²) in [7, 11) is 1.56.